The maximum absolute atomic E-state index is 11.0. The lowest BCUT2D eigenvalue weighted by Gasteiger charge is -2.46. The van der Waals surface area contributed by atoms with Crippen LogP contribution in [-0.4, -0.2) is 28.6 Å². The molecule has 1 unspecified atom stereocenters. The van der Waals surface area contributed by atoms with Crippen molar-refractivity contribution in [2.24, 2.45) is 0 Å². The van der Waals surface area contributed by atoms with E-state index in [-0.39, 0.29) is 5.54 Å². The SMILES string of the molecule is OC(c1cccc(Cl)c1)C1(N2CCCCC2)CCCC1. The molecule has 1 N–H and O–H groups in total. The summed E-state index contributed by atoms with van der Waals surface area (Å²) in [6, 6.07) is 7.76. The molecule has 0 bridgehead atoms. The van der Waals surface area contributed by atoms with Crippen LogP contribution in [0.4, 0.5) is 0 Å². The molecule has 2 fully saturated rings. The minimum absolute atomic E-state index is 0.0505. The largest absolute Gasteiger partial charge is 0.386 e. The quantitative estimate of drug-likeness (QED) is 0.904. The van der Waals surface area contributed by atoms with Crippen LogP contribution in [0.25, 0.3) is 0 Å². The van der Waals surface area contributed by atoms with Crippen molar-refractivity contribution in [2.45, 2.75) is 56.6 Å². The predicted octanol–water partition coefficient (Wildman–Crippen LogP) is 4.17. The predicted molar refractivity (Wildman–Crippen MR) is 83.0 cm³/mol. The molecule has 1 saturated heterocycles. The molecule has 0 radical (unpaired) electrons. The first-order valence-corrected chi connectivity index (χ1v) is 8.29. The van der Waals surface area contributed by atoms with Crippen molar-refractivity contribution in [1.29, 1.82) is 0 Å². The highest BCUT2D eigenvalue weighted by Gasteiger charge is 2.46. The molecular weight excluding hydrogens is 270 g/mol. The third-order valence-electron chi connectivity index (χ3n) is 5.13. The van der Waals surface area contributed by atoms with Gasteiger partial charge in [-0.2, -0.15) is 0 Å². The molecule has 110 valence electrons. The topological polar surface area (TPSA) is 23.5 Å². The van der Waals surface area contributed by atoms with E-state index in [9.17, 15) is 5.11 Å². The minimum Gasteiger partial charge on any atom is -0.386 e. The minimum atomic E-state index is -0.415. The van der Waals surface area contributed by atoms with E-state index in [0.717, 1.165) is 31.5 Å². The van der Waals surface area contributed by atoms with Gasteiger partial charge in [0.25, 0.3) is 0 Å². The normalized spacial score (nSPS) is 24.7. The summed E-state index contributed by atoms with van der Waals surface area (Å²) in [7, 11) is 0. The van der Waals surface area contributed by atoms with Gasteiger partial charge in [0.2, 0.25) is 0 Å². The number of halogens is 1. The van der Waals surface area contributed by atoms with Gasteiger partial charge in [0.1, 0.15) is 0 Å². The molecule has 2 aliphatic rings. The Labute approximate surface area is 126 Å². The molecule has 1 aromatic rings. The van der Waals surface area contributed by atoms with Gasteiger partial charge in [0, 0.05) is 5.02 Å². The molecule has 2 nitrogen and oxygen atoms in total. The number of hydrogen-bond acceptors (Lipinski definition) is 2. The number of hydrogen-bond donors (Lipinski definition) is 1. The van der Waals surface area contributed by atoms with Crippen LogP contribution in [-0.2, 0) is 0 Å². The Morgan fingerprint density at radius 2 is 1.75 bits per heavy atom. The lowest BCUT2D eigenvalue weighted by Crippen LogP contribution is -2.53. The number of benzene rings is 1. The van der Waals surface area contributed by atoms with Crippen molar-refractivity contribution in [1.82, 2.24) is 4.90 Å². The van der Waals surface area contributed by atoms with Gasteiger partial charge in [-0.15, -0.1) is 0 Å². The zero-order valence-corrected chi connectivity index (χ0v) is 12.8. The molecule has 1 aromatic carbocycles. The number of rotatable bonds is 3. The maximum atomic E-state index is 11.0. The fourth-order valence-electron chi connectivity index (χ4n) is 4.08. The van der Waals surface area contributed by atoms with Crippen molar-refractivity contribution >= 4 is 11.6 Å². The monoisotopic (exact) mass is 293 g/mol. The molecule has 20 heavy (non-hydrogen) atoms. The summed E-state index contributed by atoms with van der Waals surface area (Å²) in [5.74, 6) is 0. The van der Waals surface area contributed by atoms with Crippen molar-refractivity contribution in [3.8, 4) is 0 Å². The third kappa shape index (κ3) is 2.61. The molecule has 1 heterocycles. The fraction of sp³-hybridized carbons (Fsp3) is 0.647. The van der Waals surface area contributed by atoms with Gasteiger partial charge in [0.05, 0.1) is 11.6 Å². The average Bonchev–Trinajstić information content (AvgIpc) is 2.98. The molecule has 3 heteroatoms. The van der Waals surface area contributed by atoms with Crippen LogP contribution in [0.15, 0.2) is 24.3 Å². The maximum Gasteiger partial charge on any atom is 0.0974 e. The Bertz CT molecular complexity index is 450. The lowest BCUT2D eigenvalue weighted by atomic mass is 9.83. The summed E-state index contributed by atoms with van der Waals surface area (Å²) in [6.07, 6.45) is 8.14. The molecule has 0 amide bonds. The number of aliphatic hydroxyl groups is 1. The van der Waals surface area contributed by atoms with Gasteiger partial charge in [-0.1, -0.05) is 43.0 Å². The van der Waals surface area contributed by atoms with Crippen molar-refractivity contribution in [3.63, 3.8) is 0 Å². The van der Waals surface area contributed by atoms with Crippen molar-refractivity contribution in [2.75, 3.05) is 13.1 Å². The summed E-state index contributed by atoms with van der Waals surface area (Å²) in [6.45, 7) is 2.27. The number of aliphatic hydroxyl groups excluding tert-OH is 1. The molecule has 1 aliphatic carbocycles. The molecule has 0 spiro atoms. The van der Waals surface area contributed by atoms with Gasteiger partial charge in [0.15, 0.2) is 0 Å². The van der Waals surface area contributed by atoms with Crippen LogP contribution in [0, 0.1) is 0 Å². The highest BCUT2D eigenvalue weighted by molar-refractivity contribution is 6.30. The van der Waals surface area contributed by atoms with Gasteiger partial charge in [-0.05, 0) is 56.5 Å². The fourth-order valence-corrected chi connectivity index (χ4v) is 4.27. The second-order valence-corrected chi connectivity index (χ2v) is 6.75. The zero-order valence-electron chi connectivity index (χ0n) is 12.0. The molecule has 3 rings (SSSR count). The summed E-state index contributed by atoms with van der Waals surface area (Å²) >= 11 is 6.10. The smallest absolute Gasteiger partial charge is 0.0974 e. The first-order valence-electron chi connectivity index (χ1n) is 7.91. The highest BCUT2D eigenvalue weighted by Crippen LogP contribution is 2.45. The van der Waals surface area contributed by atoms with E-state index in [1.165, 1.54) is 32.1 Å². The standard InChI is InChI=1S/C17H24ClNO/c18-15-8-6-7-14(13-15)16(20)17(9-2-3-10-17)19-11-4-1-5-12-19/h6-8,13,16,20H,1-5,9-12H2. The molecule has 1 aliphatic heterocycles. The van der Waals surface area contributed by atoms with Gasteiger partial charge in [-0.25, -0.2) is 0 Å². The zero-order chi connectivity index (χ0) is 14.0. The van der Waals surface area contributed by atoms with E-state index in [2.05, 4.69) is 4.90 Å². The van der Waals surface area contributed by atoms with E-state index in [0.29, 0.717) is 5.02 Å². The summed E-state index contributed by atoms with van der Waals surface area (Å²) in [5, 5.41) is 11.8. The van der Waals surface area contributed by atoms with Crippen LogP contribution in [0.5, 0.6) is 0 Å². The van der Waals surface area contributed by atoms with Gasteiger partial charge in [-0.3, -0.25) is 4.90 Å². The van der Waals surface area contributed by atoms with Crippen LogP contribution < -0.4 is 0 Å². The van der Waals surface area contributed by atoms with E-state index in [1.807, 2.05) is 24.3 Å². The Morgan fingerprint density at radius 3 is 2.40 bits per heavy atom. The van der Waals surface area contributed by atoms with Gasteiger partial charge < -0.3 is 5.11 Å². The van der Waals surface area contributed by atoms with Gasteiger partial charge >= 0.3 is 0 Å². The Balaban J connectivity index is 1.89. The number of nitrogens with zero attached hydrogens (tertiary/aromatic N) is 1. The molecule has 0 aromatic heterocycles. The summed E-state index contributed by atoms with van der Waals surface area (Å²) in [4.78, 5) is 2.56. The molecule has 1 saturated carbocycles. The molecule has 1 atom stereocenters. The first-order chi connectivity index (χ1) is 9.72. The molecular formula is C17H24ClNO. The lowest BCUT2D eigenvalue weighted by molar-refractivity contribution is -0.0405. The van der Waals surface area contributed by atoms with Crippen LogP contribution in [0.3, 0.4) is 0 Å². The summed E-state index contributed by atoms with van der Waals surface area (Å²) < 4.78 is 0. The first kappa shape index (κ1) is 14.4. The average molecular weight is 294 g/mol. The Morgan fingerprint density at radius 1 is 1.05 bits per heavy atom. The van der Waals surface area contributed by atoms with Crippen molar-refractivity contribution in [3.05, 3.63) is 34.9 Å². The van der Waals surface area contributed by atoms with Crippen LogP contribution >= 0.6 is 11.6 Å². The van der Waals surface area contributed by atoms with E-state index < -0.39 is 6.10 Å². The highest BCUT2D eigenvalue weighted by atomic mass is 35.5. The Kier molecular flexibility index (Phi) is 4.34. The van der Waals surface area contributed by atoms with E-state index >= 15 is 0 Å². The second kappa shape index (κ2) is 6.05. The second-order valence-electron chi connectivity index (χ2n) is 6.32. The number of piperidine rings is 1. The van der Waals surface area contributed by atoms with E-state index in [1.54, 1.807) is 0 Å². The van der Waals surface area contributed by atoms with Crippen LogP contribution in [0.2, 0.25) is 5.02 Å². The van der Waals surface area contributed by atoms with Crippen molar-refractivity contribution < 1.29 is 5.11 Å². The third-order valence-corrected chi connectivity index (χ3v) is 5.36. The van der Waals surface area contributed by atoms with E-state index in [4.69, 9.17) is 11.6 Å². The van der Waals surface area contributed by atoms with Crippen LogP contribution in [0.1, 0.15) is 56.6 Å². The Hall–Kier alpha value is -0.570. The number of likely N-dealkylation sites (tertiary alicyclic amines) is 1. The summed E-state index contributed by atoms with van der Waals surface area (Å²) in [5.41, 5.74) is 0.926.